The van der Waals surface area contributed by atoms with E-state index in [9.17, 15) is 10.1 Å². The van der Waals surface area contributed by atoms with Crippen LogP contribution in [0.4, 0.5) is 5.00 Å². The Morgan fingerprint density at radius 2 is 2.24 bits per heavy atom. The molecule has 3 heterocycles. The van der Waals surface area contributed by atoms with Crippen molar-refractivity contribution in [1.82, 2.24) is 14.8 Å². The largest absolute Gasteiger partial charge is 0.446 e. The second-order valence-corrected chi connectivity index (χ2v) is 9.35. The highest BCUT2D eigenvalue weighted by molar-refractivity contribution is 9.10. The van der Waals surface area contributed by atoms with Crippen LogP contribution >= 0.6 is 39.0 Å². The van der Waals surface area contributed by atoms with Gasteiger partial charge >= 0.3 is 0 Å². The Labute approximate surface area is 184 Å². The Morgan fingerprint density at radius 3 is 2.97 bits per heavy atom. The number of anilines is 1. The summed E-state index contributed by atoms with van der Waals surface area (Å²) in [6, 6.07) is 5.90. The van der Waals surface area contributed by atoms with Crippen molar-refractivity contribution in [1.29, 1.82) is 5.26 Å². The molecule has 0 fully saturated rings. The molecule has 1 aliphatic carbocycles. The summed E-state index contributed by atoms with van der Waals surface area (Å²) in [5.74, 6) is 1.27. The third kappa shape index (κ3) is 4.13. The van der Waals surface area contributed by atoms with E-state index in [1.165, 1.54) is 28.0 Å². The van der Waals surface area contributed by atoms with Crippen LogP contribution in [-0.2, 0) is 24.2 Å². The smallest absolute Gasteiger partial charge is 0.235 e. The van der Waals surface area contributed by atoms with Gasteiger partial charge in [0.15, 0.2) is 15.6 Å². The topological polar surface area (TPSA) is 96.7 Å². The van der Waals surface area contributed by atoms with Gasteiger partial charge in [-0.25, -0.2) is 0 Å². The Morgan fingerprint density at radius 1 is 1.41 bits per heavy atom. The molecule has 0 aliphatic heterocycles. The second-order valence-electron chi connectivity index (χ2n) is 6.52. The number of amides is 1. The number of nitrogens with zero attached hydrogens (tertiary/aromatic N) is 4. The first-order valence-corrected chi connectivity index (χ1v) is 11.9. The van der Waals surface area contributed by atoms with Gasteiger partial charge in [0, 0.05) is 11.4 Å². The standard InChI is InChI=1S/C19H18BrN5O2S2/c1-2-25-17(13-7-8-15(20)27-13)23-24-19(25)28-10-16(26)22-18-12(9-21)11-5-3-4-6-14(11)29-18/h7-8H,2-6,10H2,1H3,(H,22,26). The minimum absolute atomic E-state index is 0.155. The number of thioether (sulfide) groups is 1. The number of carbonyl (C=O) groups excluding carboxylic acids is 1. The Balaban J connectivity index is 1.45. The highest BCUT2D eigenvalue weighted by Gasteiger charge is 2.22. The number of hydrogen-bond acceptors (Lipinski definition) is 7. The van der Waals surface area contributed by atoms with Crippen molar-refractivity contribution in [3.05, 3.63) is 32.8 Å². The predicted molar refractivity (Wildman–Crippen MR) is 116 cm³/mol. The number of carbonyl (C=O) groups is 1. The fourth-order valence-electron chi connectivity index (χ4n) is 3.36. The molecule has 1 N–H and O–H groups in total. The summed E-state index contributed by atoms with van der Waals surface area (Å²) in [5.41, 5.74) is 1.75. The van der Waals surface area contributed by atoms with Gasteiger partial charge in [-0.05, 0) is 66.2 Å². The number of nitriles is 1. The molecule has 3 aromatic rings. The maximum Gasteiger partial charge on any atom is 0.235 e. The number of nitrogens with one attached hydrogen (secondary N) is 1. The third-order valence-electron chi connectivity index (χ3n) is 4.70. The van der Waals surface area contributed by atoms with Crippen molar-refractivity contribution in [3.63, 3.8) is 0 Å². The Hall–Kier alpha value is -2.09. The molecule has 1 amide bonds. The van der Waals surface area contributed by atoms with Gasteiger partial charge in [-0.3, -0.25) is 9.36 Å². The predicted octanol–water partition coefficient (Wildman–Crippen LogP) is 4.86. The van der Waals surface area contributed by atoms with Crippen LogP contribution in [0.5, 0.6) is 0 Å². The van der Waals surface area contributed by atoms with E-state index in [1.807, 2.05) is 17.6 Å². The van der Waals surface area contributed by atoms with E-state index in [0.717, 1.165) is 31.2 Å². The highest BCUT2D eigenvalue weighted by atomic mass is 79.9. The molecule has 0 unspecified atom stereocenters. The van der Waals surface area contributed by atoms with Crippen molar-refractivity contribution < 1.29 is 9.21 Å². The number of aromatic nitrogens is 3. The summed E-state index contributed by atoms with van der Waals surface area (Å²) < 4.78 is 8.11. The maximum absolute atomic E-state index is 12.5. The number of aryl methyl sites for hydroxylation is 1. The molecule has 10 heteroatoms. The van der Waals surface area contributed by atoms with Crippen molar-refractivity contribution in [2.24, 2.45) is 0 Å². The van der Waals surface area contributed by atoms with Crippen molar-refractivity contribution in [2.45, 2.75) is 44.3 Å². The quantitative estimate of drug-likeness (QED) is 0.494. The molecule has 1 aliphatic rings. The lowest BCUT2D eigenvalue weighted by molar-refractivity contribution is -0.113. The fourth-order valence-corrected chi connectivity index (χ4v) is 5.73. The lowest BCUT2D eigenvalue weighted by Gasteiger charge is -2.09. The van der Waals surface area contributed by atoms with E-state index < -0.39 is 0 Å². The van der Waals surface area contributed by atoms with Crippen molar-refractivity contribution >= 4 is 49.9 Å². The van der Waals surface area contributed by atoms with Crippen LogP contribution in [0.1, 0.15) is 35.8 Å². The van der Waals surface area contributed by atoms with Gasteiger partial charge in [0.2, 0.25) is 11.7 Å². The van der Waals surface area contributed by atoms with Crippen LogP contribution in [-0.4, -0.2) is 26.4 Å². The monoisotopic (exact) mass is 491 g/mol. The van der Waals surface area contributed by atoms with E-state index in [0.29, 0.717) is 38.5 Å². The zero-order chi connectivity index (χ0) is 20.4. The van der Waals surface area contributed by atoms with Crippen LogP contribution in [0.15, 0.2) is 26.4 Å². The molecule has 0 bridgehead atoms. The van der Waals surface area contributed by atoms with E-state index in [4.69, 9.17) is 4.42 Å². The zero-order valence-electron chi connectivity index (χ0n) is 15.7. The number of hydrogen-bond donors (Lipinski definition) is 1. The minimum atomic E-state index is -0.155. The van der Waals surface area contributed by atoms with Gasteiger partial charge in [0.1, 0.15) is 11.1 Å². The molecule has 0 spiro atoms. The van der Waals surface area contributed by atoms with Crippen LogP contribution in [0.25, 0.3) is 11.6 Å². The lowest BCUT2D eigenvalue weighted by atomic mass is 9.96. The molecule has 29 heavy (non-hydrogen) atoms. The molecule has 4 rings (SSSR count). The first-order valence-electron chi connectivity index (χ1n) is 9.27. The lowest BCUT2D eigenvalue weighted by Crippen LogP contribution is -2.14. The van der Waals surface area contributed by atoms with Gasteiger partial charge in [-0.1, -0.05) is 11.8 Å². The SMILES string of the molecule is CCn1c(SCC(=O)Nc2sc3c(c2C#N)CCCC3)nnc1-c1ccc(Br)o1. The van der Waals surface area contributed by atoms with Gasteiger partial charge in [-0.2, -0.15) is 5.26 Å². The zero-order valence-corrected chi connectivity index (χ0v) is 18.9. The molecule has 150 valence electrons. The molecule has 0 saturated carbocycles. The Kier molecular flexibility index (Phi) is 6.08. The van der Waals surface area contributed by atoms with E-state index in [2.05, 4.69) is 37.5 Å². The molecule has 0 radical (unpaired) electrons. The maximum atomic E-state index is 12.5. The molecule has 0 saturated heterocycles. The van der Waals surface area contributed by atoms with Crippen LogP contribution in [0.3, 0.4) is 0 Å². The van der Waals surface area contributed by atoms with Gasteiger partial charge in [-0.15, -0.1) is 21.5 Å². The summed E-state index contributed by atoms with van der Waals surface area (Å²) in [6.07, 6.45) is 4.15. The van der Waals surface area contributed by atoms with Gasteiger partial charge in [0.05, 0.1) is 11.3 Å². The summed E-state index contributed by atoms with van der Waals surface area (Å²) in [4.78, 5) is 13.8. The molecule has 0 atom stereocenters. The molecular weight excluding hydrogens is 474 g/mol. The van der Waals surface area contributed by atoms with E-state index >= 15 is 0 Å². The van der Waals surface area contributed by atoms with Crippen molar-refractivity contribution in [3.8, 4) is 17.7 Å². The van der Waals surface area contributed by atoms with Crippen LogP contribution in [0.2, 0.25) is 0 Å². The fraction of sp³-hybridized carbons (Fsp3) is 0.368. The molecule has 7 nitrogen and oxygen atoms in total. The van der Waals surface area contributed by atoms with Crippen LogP contribution in [0, 0.1) is 11.3 Å². The normalized spacial score (nSPS) is 13.1. The van der Waals surface area contributed by atoms with E-state index in [-0.39, 0.29) is 11.7 Å². The number of furan rings is 1. The summed E-state index contributed by atoms with van der Waals surface area (Å²) in [5, 5.41) is 22.2. The molecule has 3 aromatic heterocycles. The first-order chi connectivity index (χ1) is 14.1. The minimum Gasteiger partial charge on any atom is -0.446 e. The number of fused-ring (bicyclic) bond motifs is 1. The number of thiophene rings is 1. The third-order valence-corrected chi connectivity index (χ3v) is 7.30. The highest BCUT2D eigenvalue weighted by Crippen LogP contribution is 2.37. The Bertz CT molecular complexity index is 1090. The number of rotatable bonds is 6. The molecular formula is C19H18BrN5O2S2. The second kappa shape index (κ2) is 8.73. The van der Waals surface area contributed by atoms with Gasteiger partial charge < -0.3 is 9.73 Å². The first kappa shape index (κ1) is 20.2. The average molecular weight is 492 g/mol. The molecule has 0 aromatic carbocycles. The number of halogens is 1. The van der Waals surface area contributed by atoms with Gasteiger partial charge in [0.25, 0.3) is 0 Å². The summed E-state index contributed by atoms with van der Waals surface area (Å²) in [6.45, 7) is 2.64. The van der Waals surface area contributed by atoms with Crippen LogP contribution < -0.4 is 5.32 Å². The average Bonchev–Trinajstić information content (AvgIpc) is 3.41. The van der Waals surface area contributed by atoms with E-state index in [1.54, 1.807) is 6.07 Å². The summed E-state index contributed by atoms with van der Waals surface area (Å²) >= 11 is 6.14. The summed E-state index contributed by atoms with van der Waals surface area (Å²) in [7, 11) is 0. The van der Waals surface area contributed by atoms with Crippen molar-refractivity contribution in [2.75, 3.05) is 11.1 Å².